The maximum atomic E-state index is 6.16. The van der Waals surface area contributed by atoms with E-state index in [4.69, 9.17) is 11.6 Å². The van der Waals surface area contributed by atoms with Crippen LogP contribution in [0.25, 0.3) is 37.9 Å². The zero-order valence-electron chi connectivity index (χ0n) is 16.1. The molecule has 28 heavy (non-hydrogen) atoms. The Balaban J connectivity index is 2.08. The zero-order valence-corrected chi connectivity index (χ0v) is 16.9. The lowest BCUT2D eigenvalue weighted by Gasteiger charge is -2.24. The van der Waals surface area contributed by atoms with Crippen LogP contribution in [0.1, 0.15) is 25.0 Å². The average Bonchev–Trinajstić information content (AvgIpc) is 2.88. The van der Waals surface area contributed by atoms with Gasteiger partial charge in [0.1, 0.15) is 0 Å². The third-order valence-corrected chi connectivity index (χ3v) is 6.31. The normalized spacial score (nSPS) is 17.0. The second-order valence-electron chi connectivity index (χ2n) is 8.11. The molecule has 0 saturated carbocycles. The number of fused-ring (bicyclic) bond motifs is 8. The van der Waals surface area contributed by atoms with Crippen LogP contribution in [0.15, 0.2) is 90.5 Å². The first kappa shape index (κ1) is 17.3. The highest BCUT2D eigenvalue weighted by Crippen LogP contribution is 2.53. The van der Waals surface area contributed by atoms with E-state index in [1.165, 1.54) is 43.4 Å². The van der Waals surface area contributed by atoms with Gasteiger partial charge in [-0.1, -0.05) is 99.3 Å². The summed E-state index contributed by atoms with van der Waals surface area (Å²) >= 11 is 6.16. The molecule has 4 aromatic rings. The van der Waals surface area contributed by atoms with Crippen molar-refractivity contribution in [1.82, 2.24) is 0 Å². The van der Waals surface area contributed by atoms with Crippen molar-refractivity contribution in [1.29, 1.82) is 0 Å². The van der Waals surface area contributed by atoms with Gasteiger partial charge in [-0.3, -0.25) is 0 Å². The van der Waals surface area contributed by atoms with Gasteiger partial charge in [-0.15, -0.1) is 0 Å². The Kier molecular flexibility index (Phi) is 3.60. The highest BCUT2D eigenvalue weighted by atomic mass is 35.5. The molecule has 0 saturated heterocycles. The Morgan fingerprint density at radius 2 is 1.32 bits per heavy atom. The van der Waals surface area contributed by atoms with Crippen LogP contribution in [-0.4, -0.2) is 0 Å². The standard InChI is InChI=1S/C27H21Cl/c1-16(28)15-24-17(2)27(3,4)26-23(24)14-13-22-20-11-6-5-9-18(20)19-10-7-8-12-21(19)25(22)26/h5-15H,1-2H2,3-4H3/b24-15+. The third-order valence-electron chi connectivity index (χ3n) is 6.20. The van der Waals surface area contributed by atoms with Crippen LogP contribution in [0.3, 0.4) is 0 Å². The number of halogens is 1. The fourth-order valence-corrected chi connectivity index (χ4v) is 4.95. The number of rotatable bonds is 1. The minimum atomic E-state index is -0.182. The van der Waals surface area contributed by atoms with Gasteiger partial charge in [-0.25, -0.2) is 0 Å². The van der Waals surface area contributed by atoms with Crippen LogP contribution >= 0.6 is 11.6 Å². The Bertz CT molecular complexity index is 1330. The van der Waals surface area contributed by atoms with Gasteiger partial charge in [-0.2, -0.15) is 0 Å². The minimum Gasteiger partial charge on any atom is -0.0943 e. The number of hydrogen-bond acceptors (Lipinski definition) is 0. The summed E-state index contributed by atoms with van der Waals surface area (Å²) in [6.45, 7) is 12.8. The van der Waals surface area contributed by atoms with Gasteiger partial charge in [0.25, 0.3) is 0 Å². The molecule has 0 atom stereocenters. The molecule has 0 aromatic heterocycles. The van der Waals surface area contributed by atoms with Gasteiger partial charge >= 0.3 is 0 Å². The Morgan fingerprint density at radius 1 is 0.821 bits per heavy atom. The molecule has 0 spiro atoms. The summed E-state index contributed by atoms with van der Waals surface area (Å²) in [5, 5.41) is 8.31. The van der Waals surface area contributed by atoms with Gasteiger partial charge in [0.05, 0.1) is 0 Å². The first-order chi connectivity index (χ1) is 13.4. The van der Waals surface area contributed by atoms with Gasteiger partial charge in [0.15, 0.2) is 0 Å². The highest BCUT2D eigenvalue weighted by Gasteiger charge is 2.38. The molecule has 0 bridgehead atoms. The Hall–Kier alpha value is -2.83. The second kappa shape index (κ2) is 5.83. The summed E-state index contributed by atoms with van der Waals surface area (Å²) in [4.78, 5) is 0. The SMILES string of the molecule is C=C(Cl)/C=C1\C(=C)C(C)(C)c2c1ccc1c3ccccc3c3ccccc3c21. The minimum absolute atomic E-state index is 0.182. The van der Waals surface area contributed by atoms with Gasteiger partial charge in [0, 0.05) is 10.4 Å². The molecule has 1 aliphatic carbocycles. The van der Waals surface area contributed by atoms with Crippen LogP contribution in [-0.2, 0) is 5.41 Å². The molecule has 1 aliphatic rings. The highest BCUT2D eigenvalue weighted by molar-refractivity contribution is 6.32. The van der Waals surface area contributed by atoms with Crippen molar-refractivity contribution in [2.75, 3.05) is 0 Å². The molecule has 4 aromatic carbocycles. The molecular formula is C27H21Cl. The predicted octanol–water partition coefficient (Wildman–Crippen LogP) is 8.13. The lowest BCUT2D eigenvalue weighted by atomic mass is 9.79. The summed E-state index contributed by atoms with van der Waals surface area (Å²) in [5.41, 5.74) is 4.55. The predicted molar refractivity (Wildman–Crippen MR) is 124 cm³/mol. The first-order valence-electron chi connectivity index (χ1n) is 9.54. The maximum absolute atomic E-state index is 6.16. The summed E-state index contributed by atoms with van der Waals surface area (Å²) in [6, 6.07) is 21.9. The van der Waals surface area contributed by atoms with Gasteiger partial charge in [-0.05, 0) is 60.7 Å². The molecule has 0 N–H and O–H groups in total. The summed E-state index contributed by atoms with van der Waals surface area (Å²) in [6.07, 6.45) is 1.95. The Labute approximate surface area is 170 Å². The summed E-state index contributed by atoms with van der Waals surface area (Å²) < 4.78 is 0. The van der Waals surface area contributed by atoms with Crippen molar-refractivity contribution >= 4 is 49.5 Å². The van der Waals surface area contributed by atoms with Crippen LogP contribution in [0, 0.1) is 0 Å². The largest absolute Gasteiger partial charge is 0.0943 e. The van der Waals surface area contributed by atoms with E-state index in [-0.39, 0.29) is 5.41 Å². The molecule has 136 valence electrons. The molecule has 0 aliphatic heterocycles. The van der Waals surface area contributed by atoms with Crippen molar-refractivity contribution in [3.63, 3.8) is 0 Å². The van der Waals surface area contributed by atoms with Crippen LogP contribution < -0.4 is 0 Å². The monoisotopic (exact) mass is 380 g/mol. The molecule has 0 nitrogen and oxygen atoms in total. The third kappa shape index (κ3) is 2.19. The van der Waals surface area contributed by atoms with Crippen molar-refractivity contribution in [2.45, 2.75) is 19.3 Å². The molecule has 0 heterocycles. The molecule has 1 heteroatoms. The van der Waals surface area contributed by atoms with Gasteiger partial charge < -0.3 is 0 Å². The smallest absolute Gasteiger partial charge is 0.0340 e. The molecule has 0 amide bonds. The lowest BCUT2D eigenvalue weighted by molar-refractivity contribution is 0.669. The zero-order chi connectivity index (χ0) is 19.6. The molecule has 0 radical (unpaired) electrons. The van der Waals surface area contributed by atoms with Crippen molar-refractivity contribution < 1.29 is 0 Å². The van der Waals surface area contributed by atoms with Crippen molar-refractivity contribution in [3.05, 3.63) is 102 Å². The summed E-state index contributed by atoms with van der Waals surface area (Å²) in [5.74, 6) is 0. The van der Waals surface area contributed by atoms with E-state index in [1.54, 1.807) is 0 Å². The van der Waals surface area contributed by atoms with E-state index < -0.39 is 0 Å². The van der Waals surface area contributed by atoms with Crippen LogP contribution in [0.2, 0.25) is 0 Å². The quantitative estimate of drug-likeness (QED) is 0.292. The van der Waals surface area contributed by atoms with Crippen molar-refractivity contribution in [3.8, 4) is 0 Å². The molecular weight excluding hydrogens is 360 g/mol. The molecule has 5 rings (SSSR count). The van der Waals surface area contributed by atoms with E-state index in [9.17, 15) is 0 Å². The number of allylic oxidation sites excluding steroid dienone is 4. The number of hydrogen-bond donors (Lipinski definition) is 0. The average molecular weight is 381 g/mol. The van der Waals surface area contributed by atoms with Crippen LogP contribution in [0.5, 0.6) is 0 Å². The van der Waals surface area contributed by atoms with E-state index in [2.05, 4.69) is 87.7 Å². The molecule has 0 fully saturated rings. The first-order valence-corrected chi connectivity index (χ1v) is 9.92. The van der Waals surface area contributed by atoms with Crippen molar-refractivity contribution in [2.24, 2.45) is 0 Å². The van der Waals surface area contributed by atoms with E-state index >= 15 is 0 Å². The van der Waals surface area contributed by atoms with E-state index in [1.807, 2.05) is 6.08 Å². The van der Waals surface area contributed by atoms with E-state index in [0.717, 1.165) is 11.1 Å². The van der Waals surface area contributed by atoms with Gasteiger partial charge in [0.2, 0.25) is 0 Å². The van der Waals surface area contributed by atoms with E-state index in [0.29, 0.717) is 5.03 Å². The topological polar surface area (TPSA) is 0 Å². The maximum Gasteiger partial charge on any atom is 0.0340 e. The summed E-state index contributed by atoms with van der Waals surface area (Å²) in [7, 11) is 0. The second-order valence-corrected chi connectivity index (χ2v) is 8.60. The molecule has 0 unspecified atom stereocenters. The Morgan fingerprint density at radius 3 is 1.89 bits per heavy atom. The van der Waals surface area contributed by atoms with Crippen LogP contribution in [0.4, 0.5) is 0 Å². The lowest BCUT2D eigenvalue weighted by Crippen LogP contribution is -2.15. The fourth-order valence-electron chi connectivity index (χ4n) is 4.84. The number of benzene rings is 4. The fraction of sp³-hybridized carbons (Fsp3) is 0.111.